The van der Waals surface area contributed by atoms with E-state index >= 15 is 0 Å². The summed E-state index contributed by atoms with van der Waals surface area (Å²) in [6.07, 6.45) is 0. The first-order valence-electron chi connectivity index (χ1n) is 5.14. The Labute approximate surface area is 115 Å². The van der Waals surface area contributed by atoms with Crippen LogP contribution in [-0.4, -0.2) is 44.3 Å². The Morgan fingerprint density at radius 3 is 2.61 bits per heavy atom. The van der Waals surface area contributed by atoms with Crippen LogP contribution in [0.5, 0.6) is 0 Å². The second-order valence-corrected chi connectivity index (χ2v) is 7.12. The van der Waals surface area contributed by atoms with Crippen LogP contribution in [0.1, 0.15) is 12.6 Å². The van der Waals surface area contributed by atoms with Gasteiger partial charge in [0.1, 0.15) is 0 Å². The number of hydrogen-bond donors (Lipinski definition) is 1. The summed E-state index contributed by atoms with van der Waals surface area (Å²) in [5.41, 5.74) is 0.328. The number of amides is 1. The second kappa shape index (κ2) is 5.96. The van der Waals surface area contributed by atoms with Crippen LogP contribution in [0.2, 0.25) is 4.47 Å². The van der Waals surface area contributed by atoms with Gasteiger partial charge in [-0.05, 0) is 13.8 Å². The Morgan fingerprint density at radius 2 is 2.17 bits per heavy atom. The zero-order valence-electron chi connectivity index (χ0n) is 10.2. The third-order valence-electron chi connectivity index (χ3n) is 2.29. The zero-order valence-corrected chi connectivity index (χ0v) is 12.6. The molecule has 0 atom stereocenters. The van der Waals surface area contributed by atoms with Crippen molar-refractivity contribution >= 4 is 38.9 Å². The summed E-state index contributed by atoms with van der Waals surface area (Å²) in [4.78, 5) is 16.8. The highest BCUT2D eigenvalue weighted by Gasteiger charge is 2.22. The van der Waals surface area contributed by atoms with Gasteiger partial charge < -0.3 is 4.90 Å². The average Bonchev–Trinajstić information content (AvgIpc) is 2.65. The van der Waals surface area contributed by atoms with Crippen molar-refractivity contribution in [2.24, 2.45) is 0 Å². The third-order valence-corrected chi connectivity index (χ3v) is 5.56. The van der Waals surface area contributed by atoms with Gasteiger partial charge in [-0.25, -0.2) is 18.1 Å². The van der Waals surface area contributed by atoms with Gasteiger partial charge in [0.05, 0.1) is 12.2 Å². The van der Waals surface area contributed by atoms with E-state index in [9.17, 15) is 13.2 Å². The molecule has 1 aromatic rings. The van der Waals surface area contributed by atoms with E-state index in [-0.39, 0.29) is 21.1 Å². The number of aryl methyl sites for hydroxylation is 1. The summed E-state index contributed by atoms with van der Waals surface area (Å²) in [6.45, 7) is 3.60. The molecule has 0 fully saturated rings. The monoisotopic (exact) mass is 311 g/mol. The van der Waals surface area contributed by atoms with E-state index in [0.717, 1.165) is 11.3 Å². The minimum absolute atomic E-state index is 0.0412. The highest BCUT2D eigenvalue weighted by molar-refractivity contribution is 7.91. The smallest absolute Gasteiger partial charge is 0.252 e. The number of halogens is 1. The van der Waals surface area contributed by atoms with Crippen molar-refractivity contribution in [2.45, 2.75) is 18.1 Å². The summed E-state index contributed by atoms with van der Waals surface area (Å²) in [6, 6.07) is 0. The fraction of sp³-hybridized carbons (Fsp3) is 0.556. The Kier molecular flexibility index (Phi) is 5.09. The Morgan fingerprint density at radius 1 is 1.56 bits per heavy atom. The lowest BCUT2D eigenvalue weighted by Gasteiger charge is -2.14. The van der Waals surface area contributed by atoms with E-state index < -0.39 is 10.0 Å². The first-order chi connectivity index (χ1) is 8.27. The van der Waals surface area contributed by atoms with Crippen molar-refractivity contribution in [1.29, 1.82) is 0 Å². The van der Waals surface area contributed by atoms with Gasteiger partial charge in [0.25, 0.3) is 10.0 Å². The molecule has 0 aromatic carbocycles. The largest absolute Gasteiger partial charge is 0.345 e. The Bertz CT molecular complexity index is 541. The van der Waals surface area contributed by atoms with Crippen molar-refractivity contribution in [3.63, 3.8) is 0 Å². The fourth-order valence-corrected chi connectivity index (χ4v) is 3.89. The lowest BCUT2D eigenvalue weighted by atomic mass is 10.5. The standard InChI is InChI=1S/C9H14ClN3O3S2/c1-4-13(3)7(14)5-11-18(15,16)8-6(2)12-9(10)17-8/h11H,4-5H2,1-3H3. The molecule has 18 heavy (non-hydrogen) atoms. The van der Waals surface area contributed by atoms with Crippen LogP contribution in [0.25, 0.3) is 0 Å². The van der Waals surface area contributed by atoms with Crippen molar-refractivity contribution in [3.8, 4) is 0 Å². The van der Waals surface area contributed by atoms with Crippen LogP contribution in [-0.2, 0) is 14.8 Å². The van der Waals surface area contributed by atoms with Crippen molar-refractivity contribution in [2.75, 3.05) is 20.1 Å². The molecule has 9 heteroatoms. The van der Waals surface area contributed by atoms with E-state index in [1.807, 2.05) is 0 Å². The number of rotatable bonds is 5. The van der Waals surface area contributed by atoms with E-state index in [1.165, 1.54) is 4.90 Å². The lowest BCUT2D eigenvalue weighted by Crippen LogP contribution is -2.37. The Balaban J connectivity index is 2.78. The fourth-order valence-electron chi connectivity index (χ4n) is 1.13. The molecule has 0 aliphatic rings. The summed E-state index contributed by atoms with van der Waals surface area (Å²) < 4.78 is 26.3. The number of nitrogens with one attached hydrogen (secondary N) is 1. The van der Waals surface area contributed by atoms with Crippen molar-refractivity contribution in [3.05, 3.63) is 10.2 Å². The Hall–Kier alpha value is -0.700. The number of carbonyl (C=O) groups is 1. The molecule has 0 aliphatic heterocycles. The molecular formula is C9H14ClN3O3S2. The van der Waals surface area contributed by atoms with Gasteiger partial charge >= 0.3 is 0 Å². The molecular weight excluding hydrogens is 298 g/mol. The van der Waals surface area contributed by atoms with Crippen LogP contribution < -0.4 is 4.72 Å². The molecule has 0 saturated heterocycles. The molecule has 1 N–H and O–H groups in total. The number of aromatic nitrogens is 1. The molecule has 6 nitrogen and oxygen atoms in total. The minimum Gasteiger partial charge on any atom is -0.345 e. The van der Waals surface area contributed by atoms with E-state index in [0.29, 0.717) is 12.2 Å². The third kappa shape index (κ3) is 3.64. The summed E-state index contributed by atoms with van der Waals surface area (Å²) in [5.74, 6) is -0.297. The maximum absolute atomic E-state index is 11.9. The van der Waals surface area contributed by atoms with Crippen LogP contribution in [0, 0.1) is 6.92 Å². The van der Waals surface area contributed by atoms with Gasteiger partial charge in [0.2, 0.25) is 5.91 Å². The van der Waals surface area contributed by atoms with Crippen LogP contribution in [0.4, 0.5) is 0 Å². The SMILES string of the molecule is CCN(C)C(=O)CNS(=O)(=O)c1sc(Cl)nc1C. The molecule has 0 unspecified atom stereocenters. The van der Waals surface area contributed by atoms with Gasteiger partial charge in [-0.1, -0.05) is 22.9 Å². The number of nitrogens with zero attached hydrogens (tertiary/aromatic N) is 2. The number of thiazole rings is 1. The normalized spacial score (nSPS) is 11.6. The summed E-state index contributed by atoms with van der Waals surface area (Å²) in [5, 5.41) is 0. The van der Waals surface area contributed by atoms with Crippen LogP contribution in [0.3, 0.4) is 0 Å². The molecule has 1 aromatic heterocycles. The molecule has 102 valence electrons. The van der Waals surface area contributed by atoms with E-state index in [2.05, 4.69) is 9.71 Å². The van der Waals surface area contributed by atoms with Gasteiger partial charge in [-0.15, -0.1) is 0 Å². The minimum atomic E-state index is -3.73. The first-order valence-corrected chi connectivity index (χ1v) is 7.82. The zero-order chi connectivity index (χ0) is 13.9. The summed E-state index contributed by atoms with van der Waals surface area (Å²) >= 11 is 6.51. The van der Waals surface area contributed by atoms with Gasteiger partial charge in [0, 0.05) is 13.6 Å². The quantitative estimate of drug-likeness (QED) is 0.875. The lowest BCUT2D eigenvalue weighted by molar-refractivity contribution is -0.128. The maximum atomic E-state index is 11.9. The molecule has 0 aliphatic carbocycles. The molecule has 0 spiro atoms. The number of likely N-dealkylation sites (N-methyl/N-ethyl adjacent to an activating group) is 1. The predicted octanol–water partition coefficient (Wildman–Crippen LogP) is 0.862. The predicted molar refractivity (Wildman–Crippen MR) is 70.4 cm³/mol. The van der Waals surface area contributed by atoms with E-state index in [1.54, 1.807) is 20.9 Å². The molecule has 1 heterocycles. The van der Waals surface area contributed by atoms with Gasteiger partial charge in [-0.3, -0.25) is 4.79 Å². The first kappa shape index (κ1) is 15.4. The molecule has 1 amide bonds. The molecule has 0 saturated carbocycles. The number of sulfonamides is 1. The van der Waals surface area contributed by atoms with Crippen molar-refractivity contribution in [1.82, 2.24) is 14.6 Å². The number of hydrogen-bond acceptors (Lipinski definition) is 5. The van der Waals surface area contributed by atoms with E-state index in [4.69, 9.17) is 11.6 Å². The highest BCUT2D eigenvalue weighted by Crippen LogP contribution is 2.26. The number of carbonyl (C=O) groups excluding carboxylic acids is 1. The maximum Gasteiger partial charge on any atom is 0.252 e. The molecule has 0 bridgehead atoms. The average molecular weight is 312 g/mol. The highest BCUT2D eigenvalue weighted by atomic mass is 35.5. The van der Waals surface area contributed by atoms with Crippen LogP contribution in [0.15, 0.2) is 4.21 Å². The van der Waals surface area contributed by atoms with Gasteiger partial charge in [-0.2, -0.15) is 0 Å². The summed E-state index contributed by atoms with van der Waals surface area (Å²) in [7, 11) is -2.13. The van der Waals surface area contributed by atoms with Gasteiger partial charge in [0.15, 0.2) is 8.68 Å². The second-order valence-electron chi connectivity index (χ2n) is 3.57. The molecule has 1 rings (SSSR count). The topological polar surface area (TPSA) is 79.4 Å². The molecule has 0 radical (unpaired) electrons. The van der Waals surface area contributed by atoms with Crippen molar-refractivity contribution < 1.29 is 13.2 Å². The van der Waals surface area contributed by atoms with Crippen LogP contribution >= 0.6 is 22.9 Å².